The summed E-state index contributed by atoms with van der Waals surface area (Å²) < 4.78 is 7.84. The molecule has 3 nitrogen and oxygen atoms in total. The first kappa shape index (κ1) is 14.0. The minimum atomic E-state index is -0.493. The van der Waals surface area contributed by atoms with Gasteiger partial charge in [-0.1, -0.05) is 20.5 Å². The summed E-state index contributed by atoms with van der Waals surface area (Å²) in [4.78, 5) is 12.0. The molecule has 19 heavy (non-hydrogen) atoms. The summed E-state index contributed by atoms with van der Waals surface area (Å²) in [5.41, 5.74) is 0.676. The zero-order chi connectivity index (χ0) is 14.2. The Balaban J connectivity index is 2.41. The first-order chi connectivity index (χ1) is 8.76. The van der Waals surface area contributed by atoms with Crippen LogP contribution in [0.4, 0.5) is 4.79 Å². The summed E-state index contributed by atoms with van der Waals surface area (Å²) in [6.45, 7) is 7.60. The lowest BCUT2D eigenvalue weighted by atomic mass is 10.1. The van der Waals surface area contributed by atoms with E-state index in [-0.39, 0.29) is 6.09 Å². The van der Waals surface area contributed by atoms with Gasteiger partial charge < -0.3 is 4.74 Å². The third-order valence-corrected chi connectivity index (χ3v) is 3.52. The summed E-state index contributed by atoms with van der Waals surface area (Å²) in [7, 11) is 0. The monoisotopic (exact) mass is 322 g/mol. The van der Waals surface area contributed by atoms with Gasteiger partial charge in [0.15, 0.2) is 12.4 Å². The lowest BCUT2D eigenvalue weighted by Gasteiger charge is -2.15. The molecule has 1 aromatic carbocycles. The van der Waals surface area contributed by atoms with Gasteiger partial charge >= 0.3 is 6.09 Å². The van der Waals surface area contributed by atoms with Crippen molar-refractivity contribution in [3.63, 3.8) is 0 Å². The summed E-state index contributed by atoms with van der Waals surface area (Å²) in [5, 5.41) is 2.09. The van der Waals surface area contributed by atoms with Crippen molar-refractivity contribution >= 4 is 32.8 Å². The molecule has 1 heterocycles. The average Bonchev–Trinajstić information content (AvgIpc) is 2.27. The van der Waals surface area contributed by atoms with E-state index in [0.717, 1.165) is 15.2 Å². The first-order valence-corrected chi connectivity index (χ1v) is 6.90. The number of nitrogens with zero attached hydrogens (tertiary/aromatic N) is 1. The van der Waals surface area contributed by atoms with Gasteiger partial charge in [-0.05, 0) is 50.8 Å². The lowest BCUT2D eigenvalue weighted by Crippen LogP contribution is -2.45. The highest BCUT2D eigenvalue weighted by Crippen LogP contribution is 2.22. The van der Waals surface area contributed by atoms with E-state index in [1.165, 1.54) is 10.1 Å². The molecule has 0 atom stereocenters. The Labute approximate surface area is 121 Å². The van der Waals surface area contributed by atoms with Crippen molar-refractivity contribution in [2.24, 2.45) is 0 Å². The highest BCUT2D eigenvalue weighted by Gasteiger charge is 2.24. The predicted octanol–water partition coefficient (Wildman–Crippen LogP) is 3.98. The summed E-state index contributed by atoms with van der Waals surface area (Å²) >= 11 is 3.50. The van der Waals surface area contributed by atoms with Crippen LogP contribution in [0.5, 0.6) is 0 Å². The number of hydrogen-bond acceptors (Lipinski definition) is 2. The molecule has 0 spiro atoms. The minimum Gasteiger partial charge on any atom is -0.406 e. The van der Waals surface area contributed by atoms with Gasteiger partial charge in [-0.2, -0.15) is 4.79 Å². The van der Waals surface area contributed by atoms with Crippen molar-refractivity contribution in [2.75, 3.05) is 0 Å². The Morgan fingerprint density at radius 2 is 1.95 bits per heavy atom. The molecule has 1 aromatic heterocycles. The van der Waals surface area contributed by atoms with Crippen molar-refractivity contribution in [1.82, 2.24) is 0 Å². The number of ether oxygens (including phenoxy) is 1. The van der Waals surface area contributed by atoms with Crippen LogP contribution in [0.3, 0.4) is 0 Å². The van der Waals surface area contributed by atoms with Crippen LogP contribution in [0.15, 0.2) is 35.1 Å². The minimum absolute atomic E-state index is 0.369. The van der Waals surface area contributed by atoms with Gasteiger partial charge in [0.2, 0.25) is 0 Å². The van der Waals surface area contributed by atoms with Gasteiger partial charge in [0.25, 0.3) is 0 Å². The van der Waals surface area contributed by atoms with E-state index in [1.807, 2.05) is 39.8 Å². The van der Waals surface area contributed by atoms with Gasteiger partial charge in [-0.15, -0.1) is 0 Å². The molecule has 0 aliphatic carbocycles. The second-order valence-corrected chi connectivity index (χ2v) is 6.42. The molecule has 0 saturated heterocycles. The van der Waals surface area contributed by atoms with Gasteiger partial charge in [0.05, 0.1) is 0 Å². The van der Waals surface area contributed by atoms with E-state index >= 15 is 0 Å². The topological polar surface area (TPSA) is 30.2 Å². The fourth-order valence-electron chi connectivity index (χ4n) is 1.76. The molecule has 100 valence electrons. The molecule has 0 radical (unpaired) electrons. The number of hydrogen-bond donors (Lipinski definition) is 0. The predicted molar refractivity (Wildman–Crippen MR) is 78.2 cm³/mol. The van der Waals surface area contributed by atoms with E-state index in [2.05, 4.69) is 22.0 Å². The molecule has 2 rings (SSSR count). The van der Waals surface area contributed by atoms with Crippen molar-refractivity contribution < 1.29 is 14.1 Å². The zero-order valence-electron chi connectivity index (χ0n) is 11.5. The Hall–Kier alpha value is -1.42. The highest BCUT2D eigenvalue weighted by atomic mass is 79.9. The van der Waals surface area contributed by atoms with Crippen LogP contribution >= 0.6 is 15.9 Å². The number of aryl methyl sites for hydroxylation is 1. The third kappa shape index (κ3) is 3.32. The van der Waals surface area contributed by atoms with Gasteiger partial charge in [0, 0.05) is 15.9 Å². The number of fused-ring (bicyclic) bond motifs is 1. The second-order valence-electron chi connectivity index (χ2n) is 5.56. The molecular weight excluding hydrogens is 306 g/mol. The number of benzene rings is 1. The molecule has 0 aliphatic heterocycles. The number of carbonyl (C=O) groups excluding carboxylic acids is 1. The van der Waals surface area contributed by atoms with Gasteiger partial charge in [0.1, 0.15) is 5.60 Å². The van der Waals surface area contributed by atoms with Crippen LogP contribution in [0.2, 0.25) is 0 Å². The quantitative estimate of drug-likeness (QED) is 0.687. The smallest absolute Gasteiger partial charge is 0.406 e. The Morgan fingerprint density at radius 3 is 2.58 bits per heavy atom. The van der Waals surface area contributed by atoms with Crippen molar-refractivity contribution in [2.45, 2.75) is 33.3 Å². The van der Waals surface area contributed by atoms with E-state index in [4.69, 9.17) is 4.74 Å². The summed E-state index contributed by atoms with van der Waals surface area (Å²) in [6, 6.07) is 6.00. The van der Waals surface area contributed by atoms with Gasteiger partial charge in [-0.25, -0.2) is 0 Å². The molecule has 0 aliphatic rings. The Bertz CT molecular complexity index is 644. The average molecular weight is 323 g/mol. The third-order valence-electron chi connectivity index (χ3n) is 2.66. The van der Waals surface area contributed by atoms with Crippen LogP contribution in [0.25, 0.3) is 10.8 Å². The highest BCUT2D eigenvalue weighted by molar-refractivity contribution is 9.10. The SMILES string of the molecule is Cc1cc2cc[n+](C(=O)OC(C)(C)C)cc2cc1Br. The molecule has 2 aromatic rings. The van der Waals surface area contributed by atoms with Gasteiger partial charge in [-0.3, -0.25) is 0 Å². The number of pyridine rings is 1. The second kappa shape index (κ2) is 4.93. The number of carbonyl (C=O) groups is 1. The maximum absolute atomic E-state index is 12.0. The van der Waals surface area contributed by atoms with E-state index in [0.29, 0.717) is 0 Å². The fourth-order valence-corrected chi connectivity index (χ4v) is 2.12. The number of aromatic nitrogens is 1. The van der Waals surface area contributed by atoms with Crippen LogP contribution < -0.4 is 4.57 Å². The largest absolute Gasteiger partial charge is 0.602 e. The maximum atomic E-state index is 12.0. The van der Waals surface area contributed by atoms with Crippen molar-refractivity contribution in [1.29, 1.82) is 0 Å². The van der Waals surface area contributed by atoms with Crippen LogP contribution in [-0.4, -0.2) is 11.7 Å². The lowest BCUT2D eigenvalue weighted by molar-refractivity contribution is -0.586. The first-order valence-electron chi connectivity index (χ1n) is 6.11. The molecule has 0 amide bonds. The van der Waals surface area contributed by atoms with Crippen LogP contribution in [0.1, 0.15) is 26.3 Å². The normalized spacial score (nSPS) is 11.6. The molecule has 0 bridgehead atoms. The molecule has 0 fully saturated rings. The standard InChI is InChI=1S/C15H17BrNO2/c1-10-7-11-5-6-17(9-12(11)8-13(10)16)14(18)19-15(2,3)4/h5-9H,1-4H3/q+1. The number of halogens is 1. The molecule has 4 heteroatoms. The number of rotatable bonds is 0. The Kier molecular flexibility index (Phi) is 3.63. The Morgan fingerprint density at radius 1 is 1.26 bits per heavy atom. The van der Waals surface area contributed by atoms with E-state index < -0.39 is 5.60 Å². The van der Waals surface area contributed by atoms with E-state index in [1.54, 1.807) is 12.4 Å². The van der Waals surface area contributed by atoms with Crippen LogP contribution in [0, 0.1) is 6.92 Å². The molecule has 0 saturated carbocycles. The van der Waals surface area contributed by atoms with E-state index in [9.17, 15) is 4.79 Å². The zero-order valence-corrected chi connectivity index (χ0v) is 13.1. The summed E-state index contributed by atoms with van der Waals surface area (Å²) in [6.07, 6.45) is 3.14. The molecule has 0 unspecified atom stereocenters. The van der Waals surface area contributed by atoms with Crippen molar-refractivity contribution in [3.8, 4) is 0 Å². The molecule has 0 N–H and O–H groups in total. The summed E-state index contributed by atoms with van der Waals surface area (Å²) in [5.74, 6) is 0. The fraction of sp³-hybridized carbons (Fsp3) is 0.333. The van der Waals surface area contributed by atoms with Crippen molar-refractivity contribution in [3.05, 3.63) is 40.6 Å². The van der Waals surface area contributed by atoms with Crippen LogP contribution in [-0.2, 0) is 4.74 Å². The molecular formula is C15H17BrNO2+. The maximum Gasteiger partial charge on any atom is 0.602 e.